The Morgan fingerprint density at radius 3 is 2.90 bits per heavy atom. The number of aryl methyl sites for hydroxylation is 2. The minimum absolute atomic E-state index is 0.0803. The summed E-state index contributed by atoms with van der Waals surface area (Å²) >= 11 is 0. The van der Waals surface area contributed by atoms with Crippen LogP contribution in [0.1, 0.15) is 61.8 Å². The van der Waals surface area contributed by atoms with E-state index in [9.17, 15) is 4.79 Å². The topological polar surface area (TPSA) is 41.1 Å². The average Bonchev–Trinajstić information content (AvgIpc) is 2.48. The van der Waals surface area contributed by atoms with E-state index in [0.717, 1.165) is 13.0 Å². The van der Waals surface area contributed by atoms with E-state index in [-0.39, 0.29) is 11.9 Å². The van der Waals surface area contributed by atoms with Gasteiger partial charge in [-0.3, -0.25) is 4.79 Å². The predicted octanol–water partition coefficient (Wildman–Crippen LogP) is 3.40. The van der Waals surface area contributed by atoms with Gasteiger partial charge in [0.1, 0.15) is 0 Å². The second-order valence-corrected chi connectivity index (χ2v) is 6.33. The number of piperidine rings is 1. The third-order valence-corrected chi connectivity index (χ3v) is 4.41. The van der Waals surface area contributed by atoms with Gasteiger partial charge >= 0.3 is 0 Å². The molecule has 1 saturated heterocycles. The van der Waals surface area contributed by atoms with Gasteiger partial charge in [-0.15, -0.1) is 0 Å². The number of amides is 1. The van der Waals surface area contributed by atoms with E-state index in [4.69, 9.17) is 0 Å². The number of nitrogens with one attached hydrogen (secondary N) is 2. The molecule has 0 bridgehead atoms. The van der Waals surface area contributed by atoms with Gasteiger partial charge in [0.2, 0.25) is 5.91 Å². The molecule has 1 heterocycles. The van der Waals surface area contributed by atoms with Gasteiger partial charge in [-0.1, -0.05) is 30.2 Å². The summed E-state index contributed by atoms with van der Waals surface area (Å²) in [5.41, 5.74) is 3.70. The van der Waals surface area contributed by atoms with Gasteiger partial charge in [0.15, 0.2) is 0 Å². The van der Waals surface area contributed by atoms with Gasteiger partial charge in [0.05, 0.1) is 6.04 Å². The molecule has 2 atom stereocenters. The summed E-state index contributed by atoms with van der Waals surface area (Å²) in [6.07, 6.45) is 5.34. The monoisotopic (exact) mass is 288 g/mol. The van der Waals surface area contributed by atoms with Crippen molar-refractivity contribution in [3.8, 4) is 0 Å². The van der Waals surface area contributed by atoms with E-state index in [0.29, 0.717) is 12.5 Å². The summed E-state index contributed by atoms with van der Waals surface area (Å²) in [7, 11) is 0. The molecular formula is C18H28N2O. The molecule has 1 aliphatic heterocycles. The number of benzene rings is 1. The molecule has 1 amide bonds. The molecule has 0 aliphatic carbocycles. The molecule has 2 unspecified atom stereocenters. The van der Waals surface area contributed by atoms with Gasteiger partial charge in [-0.05, 0) is 57.7 Å². The molecule has 116 valence electrons. The standard InChI is InChI=1S/C18H28N2O/c1-13-7-8-14(2)17(12-13)15(3)20-18(21)10-9-16-6-4-5-11-19-16/h7-8,12,15-16,19H,4-6,9-11H2,1-3H3,(H,20,21). The minimum atomic E-state index is 0.0803. The number of hydrogen-bond donors (Lipinski definition) is 2. The highest BCUT2D eigenvalue weighted by Crippen LogP contribution is 2.19. The normalized spacial score (nSPS) is 20.0. The molecular weight excluding hydrogens is 260 g/mol. The number of carbonyl (C=O) groups excluding carboxylic acids is 1. The third-order valence-electron chi connectivity index (χ3n) is 4.41. The smallest absolute Gasteiger partial charge is 0.220 e. The molecule has 1 aromatic carbocycles. The van der Waals surface area contributed by atoms with E-state index in [1.54, 1.807) is 0 Å². The number of carbonyl (C=O) groups is 1. The maximum absolute atomic E-state index is 12.1. The fraction of sp³-hybridized carbons (Fsp3) is 0.611. The van der Waals surface area contributed by atoms with Crippen molar-refractivity contribution < 1.29 is 4.79 Å². The molecule has 1 fully saturated rings. The molecule has 2 rings (SSSR count). The zero-order valence-corrected chi connectivity index (χ0v) is 13.5. The zero-order valence-electron chi connectivity index (χ0n) is 13.5. The van der Waals surface area contributed by atoms with Crippen molar-refractivity contribution in [1.82, 2.24) is 10.6 Å². The summed E-state index contributed by atoms with van der Waals surface area (Å²) in [6, 6.07) is 7.02. The minimum Gasteiger partial charge on any atom is -0.350 e. The predicted molar refractivity (Wildman–Crippen MR) is 87.3 cm³/mol. The fourth-order valence-electron chi connectivity index (χ4n) is 3.09. The molecule has 0 spiro atoms. The van der Waals surface area contributed by atoms with Crippen LogP contribution in [0.25, 0.3) is 0 Å². The lowest BCUT2D eigenvalue weighted by Crippen LogP contribution is -2.35. The highest BCUT2D eigenvalue weighted by Gasteiger charge is 2.16. The van der Waals surface area contributed by atoms with Crippen molar-refractivity contribution in [2.75, 3.05) is 6.54 Å². The van der Waals surface area contributed by atoms with Crippen LogP contribution < -0.4 is 10.6 Å². The Balaban J connectivity index is 1.82. The van der Waals surface area contributed by atoms with Crippen LogP contribution in [-0.2, 0) is 4.79 Å². The van der Waals surface area contributed by atoms with E-state index >= 15 is 0 Å². The highest BCUT2D eigenvalue weighted by molar-refractivity contribution is 5.76. The van der Waals surface area contributed by atoms with E-state index in [1.165, 1.54) is 36.0 Å². The largest absolute Gasteiger partial charge is 0.350 e. The Hall–Kier alpha value is -1.35. The van der Waals surface area contributed by atoms with Crippen LogP contribution >= 0.6 is 0 Å². The highest BCUT2D eigenvalue weighted by atomic mass is 16.1. The molecule has 3 heteroatoms. The number of hydrogen-bond acceptors (Lipinski definition) is 2. The average molecular weight is 288 g/mol. The van der Waals surface area contributed by atoms with Crippen LogP contribution in [0.3, 0.4) is 0 Å². The van der Waals surface area contributed by atoms with Crippen molar-refractivity contribution in [3.05, 3.63) is 34.9 Å². The summed E-state index contributed by atoms with van der Waals surface area (Å²) in [4.78, 5) is 12.1. The van der Waals surface area contributed by atoms with E-state index in [1.807, 2.05) is 0 Å². The van der Waals surface area contributed by atoms with Crippen LogP contribution in [0, 0.1) is 13.8 Å². The number of rotatable bonds is 5. The second kappa shape index (κ2) is 7.60. The third kappa shape index (κ3) is 4.85. The van der Waals surface area contributed by atoms with Crippen LogP contribution in [-0.4, -0.2) is 18.5 Å². The van der Waals surface area contributed by atoms with Crippen LogP contribution in [0.5, 0.6) is 0 Å². The first kappa shape index (κ1) is 16.0. The first-order chi connectivity index (χ1) is 10.1. The molecule has 1 aliphatic rings. The van der Waals surface area contributed by atoms with Crippen LogP contribution in [0.2, 0.25) is 0 Å². The van der Waals surface area contributed by atoms with Crippen molar-refractivity contribution in [1.29, 1.82) is 0 Å². The lowest BCUT2D eigenvalue weighted by Gasteiger charge is -2.23. The van der Waals surface area contributed by atoms with Crippen LogP contribution in [0.4, 0.5) is 0 Å². The first-order valence-corrected chi connectivity index (χ1v) is 8.16. The van der Waals surface area contributed by atoms with Crippen molar-refractivity contribution >= 4 is 5.91 Å². The molecule has 2 N–H and O–H groups in total. The summed E-state index contributed by atoms with van der Waals surface area (Å²) in [5.74, 6) is 0.163. The van der Waals surface area contributed by atoms with Crippen molar-refractivity contribution in [2.45, 2.75) is 65.0 Å². The van der Waals surface area contributed by atoms with Gasteiger partial charge in [-0.25, -0.2) is 0 Å². The fourth-order valence-corrected chi connectivity index (χ4v) is 3.09. The zero-order chi connectivity index (χ0) is 15.2. The Kier molecular flexibility index (Phi) is 5.80. The summed E-state index contributed by atoms with van der Waals surface area (Å²) in [5, 5.41) is 6.63. The molecule has 0 radical (unpaired) electrons. The lowest BCUT2D eigenvalue weighted by molar-refractivity contribution is -0.122. The first-order valence-electron chi connectivity index (χ1n) is 8.16. The quantitative estimate of drug-likeness (QED) is 0.872. The SMILES string of the molecule is Cc1ccc(C)c(C(C)NC(=O)CCC2CCCCN2)c1. The van der Waals surface area contributed by atoms with Crippen LogP contribution in [0.15, 0.2) is 18.2 Å². The summed E-state index contributed by atoms with van der Waals surface area (Å²) < 4.78 is 0. The second-order valence-electron chi connectivity index (χ2n) is 6.33. The molecule has 3 nitrogen and oxygen atoms in total. The van der Waals surface area contributed by atoms with E-state index < -0.39 is 0 Å². The molecule has 0 saturated carbocycles. The van der Waals surface area contributed by atoms with Gasteiger partial charge in [0.25, 0.3) is 0 Å². The molecule has 1 aromatic rings. The Morgan fingerprint density at radius 2 is 2.19 bits per heavy atom. The lowest BCUT2D eigenvalue weighted by atomic mass is 9.98. The van der Waals surface area contributed by atoms with Crippen molar-refractivity contribution in [3.63, 3.8) is 0 Å². The van der Waals surface area contributed by atoms with Gasteiger partial charge < -0.3 is 10.6 Å². The molecule has 21 heavy (non-hydrogen) atoms. The summed E-state index contributed by atoms with van der Waals surface area (Å²) in [6.45, 7) is 7.36. The Labute approximate surface area is 128 Å². The Bertz CT molecular complexity index is 478. The Morgan fingerprint density at radius 1 is 1.38 bits per heavy atom. The maximum Gasteiger partial charge on any atom is 0.220 e. The van der Waals surface area contributed by atoms with Gasteiger partial charge in [0, 0.05) is 12.5 Å². The maximum atomic E-state index is 12.1. The molecule has 0 aromatic heterocycles. The van der Waals surface area contributed by atoms with Gasteiger partial charge in [-0.2, -0.15) is 0 Å². The van der Waals surface area contributed by atoms with E-state index in [2.05, 4.69) is 49.6 Å². The van der Waals surface area contributed by atoms with Crippen molar-refractivity contribution in [2.24, 2.45) is 0 Å².